The molecule has 114 heavy (non-hydrogen) atoms. The summed E-state index contributed by atoms with van der Waals surface area (Å²) >= 11 is 20.5. The van der Waals surface area contributed by atoms with Gasteiger partial charge in [0.2, 0.25) is 0 Å². The van der Waals surface area contributed by atoms with Crippen LogP contribution in [0.2, 0.25) is 29.6 Å². The van der Waals surface area contributed by atoms with E-state index in [0.717, 1.165) is 19.0 Å². The Bertz CT molecular complexity index is 6330. The third kappa shape index (κ3) is 18.9. The Labute approximate surface area is 740 Å². The molecule has 0 saturated carbocycles. The van der Waals surface area contributed by atoms with Gasteiger partial charge in [0.1, 0.15) is 0 Å². The van der Waals surface area contributed by atoms with E-state index < -0.39 is 43.9 Å². The van der Waals surface area contributed by atoms with Gasteiger partial charge in [-0.15, -0.1) is 68.0 Å². The minimum Gasteiger partial charge on any atom is -0.143 e. The summed E-state index contributed by atoms with van der Waals surface area (Å²) in [4.78, 5) is 17.7. The van der Waals surface area contributed by atoms with E-state index in [2.05, 4.69) is 414 Å². The van der Waals surface area contributed by atoms with Crippen LogP contribution in [0.15, 0.2) is 346 Å². The van der Waals surface area contributed by atoms with E-state index in [4.69, 9.17) is 13.0 Å². The normalized spacial score (nSPS) is 11.5. The summed E-state index contributed by atoms with van der Waals surface area (Å²) in [5, 5.41) is 31.4. The summed E-state index contributed by atoms with van der Waals surface area (Å²) in [6.45, 7) is 0. The maximum Gasteiger partial charge on any atom is 0.0463 e. The summed E-state index contributed by atoms with van der Waals surface area (Å²) in [5.74, 6) is 0. The van der Waals surface area contributed by atoms with E-state index in [-0.39, 0.29) is 0 Å². The van der Waals surface area contributed by atoms with Crippen LogP contribution in [0.1, 0.15) is 2.97 Å². The van der Waals surface area contributed by atoms with Crippen molar-refractivity contribution in [1.82, 2.24) is 0 Å². The van der Waals surface area contributed by atoms with Crippen LogP contribution >= 0.6 is 145 Å². The molecular weight excluding hydrogens is 2000 g/mol. The van der Waals surface area contributed by atoms with Crippen LogP contribution in [0.5, 0.6) is 0 Å². The van der Waals surface area contributed by atoms with Crippen molar-refractivity contribution in [2.24, 2.45) is 0 Å². The average Bonchev–Trinajstić information content (AvgIpc) is 1.59. The molecule has 0 aliphatic heterocycles. The number of hydrogen-bond donors (Lipinski definition) is 2. The molecule has 562 valence electrons. The van der Waals surface area contributed by atoms with E-state index in [1.807, 2.05) is 69.6 Å². The van der Waals surface area contributed by atoms with Crippen molar-refractivity contribution >= 4 is 259 Å². The second-order valence-electron chi connectivity index (χ2n) is 29.8. The first kappa shape index (κ1) is 79.5. The van der Waals surface area contributed by atoms with Crippen molar-refractivity contribution in [3.63, 3.8) is 0 Å². The van der Waals surface area contributed by atoms with Gasteiger partial charge in [0, 0.05) is 91.8 Å². The second-order valence-corrected chi connectivity index (χ2v) is 71.7. The van der Waals surface area contributed by atoms with Crippen molar-refractivity contribution in [3.05, 3.63) is 349 Å². The Kier molecular flexibility index (Phi) is 25.2. The maximum absolute atomic E-state index is 8.97. The first-order chi connectivity index (χ1) is 56.3. The van der Waals surface area contributed by atoms with Crippen molar-refractivity contribution in [2.75, 3.05) is 0 Å². The summed E-state index contributed by atoms with van der Waals surface area (Å²) in [7, 11) is -1.36. The average molecular weight is 2080 g/mol. The molecule has 0 aliphatic carbocycles. The minimum atomic E-state index is -1.82. The second kappa shape index (κ2) is 36.1. The molecule has 0 saturated heterocycles. The van der Waals surface area contributed by atoms with E-state index in [1.165, 1.54) is 153 Å². The van der Waals surface area contributed by atoms with Crippen LogP contribution in [0.3, 0.4) is 0 Å². The standard InChI is InChI=1S/C46H28S4.C20H13BrS.C12H8BrI.C8H7BO2S.C6H2S2.6CH3.2Sn.H2/c1-3-7-41-37(5-1)39(27-47-41)33-17-9-29(10-18-33)31-13-21-35(22-14-31)43-25-45-46(49-43)26-44(50-45)36-23-15-32(16-24-36)30-11-19-34(20-12-30)40-28-48-42-8-4-2-6-38(40)42;21-17-11-9-15(10-12-17)14-5-7-16(8-6-14)19-13-22-20-4-2-1-3-18(19)20;13-11-5-1-9(2-6-11)10-3-7-12(14)8-4-10;10-9(11)7-5-12-8-4-2-1-3-6(7)8;1-3-7-6-2-4-8-5(1)6;;;;;;;;;/h1-28H;1-13H;1-8H;1-5,10-11H;1-2H;6*1H3;;;1H/i;;;;;;;;;;;;;1+2T. The molecule has 16 heteroatoms. The molecule has 0 unspecified atom stereocenters. The number of thiophene rings is 8. The Morgan fingerprint density at radius 3 is 0.833 bits per heavy atom. The van der Waals surface area contributed by atoms with E-state index in [0.29, 0.717) is 5.46 Å². The van der Waals surface area contributed by atoms with Crippen LogP contribution in [0, 0.1) is 3.57 Å². The number of halogens is 3. The van der Waals surface area contributed by atoms with Gasteiger partial charge in [0.25, 0.3) is 0 Å². The molecule has 0 amide bonds. The Hall–Kier alpha value is -6.93. The zero-order valence-electron chi connectivity index (χ0n) is 65.2. The molecule has 0 spiro atoms. The minimum absolute atomic E-state index is 0.593. The van der Waals surface area contributed by atoms with Gasteiger partial charge in [-0.1, -0.05) is 262 Å². The van der Waals surface area contributed by atoms with Crippen LogP contribution in [0.4, 0.5) is 0 Å². The number of fused-ring (bicyclic) bond motifs is 6. The quantitative estimate of drug-likeness (QED) is 0.0945. The third-order valence-corrected chi connectivity index (χ3v) is 49.1. The van der Waals surface area contributed by atoms with Crippen LogP contribution in [-0.2, 0) is 0 Å². The van der Waals surface area contributed by atoms with Crippen molar-refractivity contribution in [1.29, 1.82) is 0 Å². The zero-order chi connectivity index (χ0) is 80.6. The van der Waals surface area contributed by atoms with Crippen molar-refractivity contribution < 1.29 is 13.0 Å². The smallest absolute Gasteiger partial charge is 0.0463 e. The van der Waals surface area contributed by atoms with Crippen molar-refractivity contribution in [2.45, 2.75) is 29.6 Å². The first-order valence-corrected chi connectivity index (χ1v) is 66.8. The first-order valence-electron chi connectivity index (χ1n) is 38.4. The van der Waals surface area contributed by atoms with E-state index in [9.17, 15) is 0 Å². The van der Waals surface area contributed by atoms with Crippen LogP contribution < -0.4 is 11.2 Å². The van der Waals surface area contributed by atoms with Gasteiger partial charge >= 0.3 is 124 Å². The molecule has 20 rings (SSSR count). The topological polar surface area (TPSA) is 40.5 Å². The molecule has 0 bridgehead atoms. The summed E-state index contributed by atoms with van der Waals surface area (Å²) in [6, 6.07) is 113. The monoisotopic (exact) mass is 2080 g/mol. The summed E-state index contributed by atoms with van der Waals surface area (Å²) < 4.78 is 27.9. The fourth-order valence-corrected chi connectivity index (χ4v) is 34.3. The van der Waals surface area contributed by atoms with Crippen LogP contribution in [-0.4, -0.2) is 53.9 Å². The van der Waals surface area contributed by atoms with Gasteiger partial charge in [-0.2, -0.15) is 0 Å². The number of benzene rings is 12. The summed E-state index contributed by atoms with van der Waals surface area (Å²) in [5.41, 5.74) is 20.9. The zero-order valence-corrected chi connectivity index (χ0v) is 80.8. The maximum atomic E-state index is 8.97. The molecule has 0 atom stereocenters. The molecule has 2 N–H and O–H groups in total. The van der Waals surface area contributed by atoms with Crippen LogP contribution in [0.25, 0.3) is 158 Å². The molecule has 8 aromatic heterocycles. The fraction of sp³-hybridized carbons (Fsp3) is 0.0612. The van der Waals surface area contributed by atoms with Gasteiger partial charge in [0.15, 0.2) is 0 Å². The molecule has 8 heterocycles. The molecule has 20 aromatic rings. The summed E-state index contributed by atoms with van der Waals surface area (Å²) in [6.07, 6.45) is 0. The molecule has 0 fully saturated rings. The van der Waals surface area contributed by atoms with E-state index >= 15 is 0 Å². The molecular formula is C98H78BBr2IO2S8Sn2. The van der Waals surface area contributed by atoms with Gasteiger partial charge < -0.3 is 10.0 Å². The van der Waals surface area contributed by atoms with Gasteiger partial charge in [-0.25, -0.2) is 0 Å². The third-order valence-electron chi connectivity index (χ3n) is 19.9. The Balaban J connectivity index is 0.000000131. The Morgan fingerprint density at radius 2 is 0.526 bits per heavy atom. The largest absolute Gasteiger partial charge is 0.143 e. The molecule has 2 nitrogen and oxygen atoms in total. The van der Waals surface area contributed by atoms with Gasteiger partial charge in [-0.3, -0.25) is 0 Å². The van der Waals surface area contributed by atoms with Gasteiger partial charge in [-0.05, 0) is 195 Å². The van der Waals surface area contributed by atoms with Crippen molar-refractivity contribution in [3.8, 4) is 98.8 Å². The van der Waals surface area contributed by atoms with Gasteiger partial charge in [0.05, 0.1) is 0 Å². The predicted octanol–water partition coefficient (Wildman–Crippen LogP) is 32.0. The molecule has 12 aromatic carbocycles. The van der Waals surface area contributed by atoms with E-state index in [1.54, 1.807) is 31.9 Å². The fourth-order valence-electron chi connectivity index (χ4n) is 13.6. The number of hydrogen-bond acceptors (Lipinski definition) is 10. The SMILES string of the molecule is Brc1ccc(-c2ccc(-c3csc4ccccc34)cc2)cc1.Brc1ccc(-c2ccc(I)cc2)cc1.OB(O)c1csc2ccccc12.[3H][3H].[CH3][Sn]([CH3])([CH3])[c]1cc2s[c]([Sn]([CH3])([CH3])[CH3])cc2s1.c1ccc2c(-c3ccc(-c4ccc(-c5cc6sc(-c7ccc(-c8ccc(-c9csc%10ccccc9%10)cc8)cc7)cc6s5)cc4)cc3)csc2c1. The number of rotatable bonds is 12. The predicted molar refractivity (Wildman–Crippen MR) is 535 cm³/mol. The molecule has 0 radical (unpaired) electrons. The molecule has 0 aliphatic rings. The Morgan fingerprint density at radius 1 is 0.281 bits per heavy atom.